The predicted octanol–water partition coefficient (Wildman–Crippen LogP) is -0.226. The molecule has 0 aromatic carbocycles. The molecule has 2 rings (SSSR count). The zero-order valence-electron chi connectivity index (χ0n) is 6.06. The molecule has 1 aliphatic carbocycles. The van der Waals surface area contributed by atoms with E-state index in [4.69, 9.17) is 5.11 Å². The highest BCUT2D eigenvalue weighted by Gasteiger charge is 2.61. The SMILES string of the molecule is O=C(O)N1C2(CC2)COS1(=O)=O. The van der Waals surface area contributed by atoms with Crippen molar-refractivity contribution in [2.75, 3.05) is 6.61 Å². The van der Waals surface area contributed by atoms with Crippen LogP contribution >= 0.6 is 0 Å². The number of rotatable bonds is 0. The van der Waals surface area contributed by atoms with Crippen LogP contribution in [0.3, 0.4) is 0 Å². The molecular formula is C5H7NO5S. The number of hydrogen-bond acceptors (Lipinski definition) is 4. The lowest BCUT2D eigenvalue weighted by Crippen LogP contribution is -2.39. The van der Waals surface area contributed by atoms with Crippen molar-refractivity contribution in [2.24, 2.45) is 0 Å². The predicted molar refractivity (Wildman–Crippen MR) is 36.7 cm³/mol. The summed E-state index contributed by atoms with van der Waals surface area (Å²) < 4.78 is 26.8. The van der Waals surface area contributed by atoms with E-state index in [1.54, 1.807) is 0 Å². The van der Waals surface area contributed by atoms with E-state index in [0.29, 0.717) is 17.1 Å². The average Bonchev–Trinajstić information content (AvgIpc) is 2.58. The Morgan fingerprint density at radius 1 is 1.50 bits per heavy atom. The fourth-order valence-corrected chi connectivity index (χ4v) is 2.70. The van der Waals surface area contributed by atoms with Crippen LogP contribution in [0.5, 0.6) is 0 Å². The Hall–Kier alpha value is -0.820. The molecule has 0 aromatic heterocycles. The first-order valence-electron chi connectivity index (χ1n) is 3.41. The number of carbonyl (C=O) groups is 1. The van der Waals surface area contributed by atoms with Crippen molar-refractivity contribution in [1.82, 2.24) is 4.31 Å². The van der Waals surface area contributed by atoms with E-state index in [-0.39, 0.29) is 6.61 Å². The Kier molecular flexibility index (Phi) is 1.24. The molecule has 1 N–H and O–H groups in total. The summed E-state index contributed by atoms with van der Waals surface area (Å²) in [6, 6.07) is 0. The third-order valence-corrected chi connectivity index (χ3v) is 3.54. The zero-order valence-corrected chi connectivity index (χ0v) is 6.87. The van der Waals surface area contributed by atoms with Gasteiger partial charge in [0, 0.05) is 0 Å². The number of carboxylic acid groups (broad SMARTS) is 1. The first-order valence-corrected chi connectivity index (χ1v) is 4.77. The molecule has 1 saturated carbocycles. The van der Waals surface area contributed by atoms with E-state index in [2.05, 4.69) is 4.18 Å². The standard InChI is InChI=1S/C5H7NO5S/c7-4(8)6-5(1-2-5)3-11-12(6,9)10/h1-3H2,(H,7,8). The zero-order chi connectivity index (χ0) is 8.98. The molecule has 2 aliphatic rings. The van der Waals surface area contributed by atoms with Crippen molar-refractivity contribution < 1.29 is 22.5 Å². The average molecular weight is 193 g/mol. The smallest absolute Gasteiger partial charge is 0.423 e. The molecule has 1 amide bonds. The molecule has 0 unspecified atom stereocenters. The van der Waals surface area contributed by atoms with E-state index in [9.17, 15) is 13.2 Å². The Balaban J connectivity index is 2.42. The van der Waals surface area contributed by atoms with Gasteiger partial charge in [0.2, 0.25) is 0 Å². The normalized spacial score (nSPS) is 29.2. The van der Waals surface area contributed by atoms with Crippen LogP contribution in [-0.4, -0.2) is 36.1 Å². The van der Waals surface area contributed by atoms with Gasteiger partial charge in [0.25, 0.3) is 0 Å². The molecule has 12 heavy (non-hydrogen) atoms. The molecule has 7 heteroatoms. The summed E-state index contributed by atoms with van der Waals surface area (Å²) in [5.74, 6) is 0. The molecule has 0 radical (unpaired) electrons. The fraction of sp³-hybridized carbons (Fsp3) is 0.800. The molecule has 6 nitrogen and oxygen atoms in total. The van der Waals surface area contributed by atoms with E-state index in [1.807, 2.05) is 0 Å². The lowest BCUT2D eigenvalue weighted by molar-refractivity contribution is 0.161. The van der Waals surface area contributed by atoms with Gasteiger partial charge in [-0.1, -0.05) is 0 Å². The minimum atomic E-state index is -4.00. The van der Waals surface area contributed by atoms with Crippen molar-refractivity contribution in [3.63, 3.8) is 0 Å². The second kappa shape index (κ2) is 1.91. The van der Waals surface area contributed by atoms with Crippen LogP contribution in [0.4, 0.5) is 4.79 Å². The van der Waals surface area contributed by atoms with Crippen molar-refractivity contribution in [1.29, 1.82) is 0 Å². The first kappa shape index (κ1) is 7.81. The van der Waals surface area contributed by atoms with Gasteiger partial charge < -0.3 is 5.11 Å². The van der Waals surface area contributed by atoms with Crippen LogP contribution in [0, 0.1) is 0 Å². The third-order valence-electron chi connectivity index (χ3n) is 2.13. The van der Waals surface area contributed by atoms with Crippen LogP contribution in [0.15, 0.2) is 0 Å². The van der Waals surface area contributed by atoms with E-state index in [1.165, 1.54) is 0 Å². The highest BCUT2D eigenvalue weighted by Crippen LogP contribution is 2.48. The van der Waals surface area contributed by atoms with Gasteiger partial charge in [-0.05, 0) is 12.8 Å². The quantitative estimate of drug-likeness (QED) is 0.574. The molecule has 0 atom stereocenters. The van der Waals surface area contributed by atoms with Gasteiger partial charge in [-0.3, -0.25) is 4.18 Å². The monoisotopic (exact) mass is 193 g/mol. The summed E-state index contributed by atoms with van der Waals surface area (Å²) in [4.78, 5) is 10.5. The maximum atomic E-state index is 11.0. The van der Waals surface area contributed by atoms with Gasteiger partial charge in [-0.2, -0.15) is 12.7 Å². The molecule has 1 aliphatic heterocycles. The summed E-state index contributed by atoms with van der Waals surface area (Å²) in [6.07, 6.45) is -0.318. The maximum Gasteiger partial charge on any atom is 0.423 e. The molecular weight excluding hydrogens is 186 g/mol. The second-order valence-corrected chi connectivity index (χ2v) is 4.45. The number of amides is 1. The maximum absolute atomic E-state index is 11.0. The second-order valence-electron chi connectivity index (χ2n) is 2.99. The van der Waals surface area contributed by atoms with Gasteiger partial charge in [0.1, 0.15) is 0 Å². The van der Waals surface area contributed by atoms with Crippen molar-refractivity contribution in [3.8, 4) is 0 Å². The fourth-order valence-electron chi connectivity index (χ4n) is 1.32. The molecule has 2 fully saturated rings. The van der Waals surface area contributed by atoms with E-state index in [0.717, 1.165) is 0 Å². The Morgan fingerprint density at radius 3 is 2.42 bits per heavy atom. The Bertz CT molecular complexity index is 330. The molecule has 1 heterocycles. The van der Waals surface area contributed by atoms with Gasteiger partial charge in [-0.25, -0.2) is 4.79 Å². The topological polar surface area (TPSA) is 83.9 Å². The van der Waals surface area contributed by atoms with Gasteiger partial charge in [0.05, 0.1) is 12.1 Å². The van der Waals surface area contributed by atoms with Crippen LogP contribution < -0.4 is 0 Å². The van der Waals surface area contributed by atoms with E-state index < -0.39 is 21.9 Å². The number of nitrogens with zero attached hydrogens (tertiary/aromatic N) is 1. The minimum Gasteiger partial charge on any atom is -0.464 e. The highest BCUT2D eigenvalue weighted by molar-refractivity contribution is 7.85. The largest absolute Gasteiger partial charge is 0.464 e. The summed E-state index contributed by atoms with van der Waals surface area (Å²) in [5.41, 5.74) is -0.759. The van der Waals surface area contributed by atoms with Crippen LogP contribution in [0.1, 0.15) is 12.8 Å². The lowest BCUT2D eigenvalue weighted by Gasteiger charge is -2.14. The van der Waals surface area contributed by atoms with Crippen LogP contribution in [0.2, 0.25) is 0 Å². The minimum absolute atomic E-state index is 0.0262. The van der Waals surface area contributed by atoms with Gasteiger partial charge in [-0.15, -0.1) is 0 Å². The van der Waals surface area contributed by atoms with Gasteiger partial charge >= 0.3 is 16.4 Å². The van der Waals surface area contributed by atoms with Crippen LogP contribution in [-0.2, 0) is 14.5 Å². The molecule has 1 saturated heterocycles. The highest BCUT2D eigenvalue weighted by atomic mass is 32.2. The third kappa shape index (κ3) is 0.831. The van der Waals surface area contributed by atoms with Crippen molar-refractivity contribution >= 4 is 16.4 Å². The van der Waals surface area contributed by atoms with Gasteiger partial charge in [0.15, 0.2) is 0 Å². The lowest BCUT2D eigenvalue weighted by atomic mass is 10.3. The van der Waals surface area contributed by atoms with E-state index >= 15 is 0 Å². The molecule has 68 valence electrons. The summed E-state index contributed by atoms with van der Waals surface area (Å²) in [7, 11) is -4.00. The molecule has 1 spiro atoms. The van der Waals surface area contributed by atoms with Crippen molar-refractivity contribution in [3.05, 3.63) is 0 Å². The summed E-state index contributed by atoms with van der Waals surface area (Å²) >= 11 is 0. The number of hydrogen-bond donors (Lipinski definition) is 1. The Labute approximate surface area is 69.0 Å². The summed E-state index contributed by atoms with van der Waals surface area (Å²) in [5, 5.41) is 8.59. The van der Waals surface area contributed by atoms with Crippen LogP contribution in [0.25, 0.3) is 0 Å². The van der Waals surface area contributed by atoms with Crippen molar-refractivity contribution in [2.45, 2.75) is 18.4 Å². The molecule has 0 bridgehead atoms. The Morgan fingerprint density at radius 2 is 2.08 bits per heavy atom. The summed E-state index contributed by atoms with van der Waals surface area (Å²) in [6.45, 7) is -0.0262. The first-order chi connectivity index (χ1) is 5.48. The molecule has 0 aromatic rings.